The van der Waals surface area contributed by atoms with Crippen molar-refractivity contribution in [3.05, 3.63) is 24.2 Å². The summed E-state index contributed by atoms with van der Waals surface area (Å²) >= 11 is 1.60. The van der Waals surface area contributed by atoms with Gasteiger partial charge in [-0.2, -0.15) is 11.8 Å². The lowest BCUT2D eigenvalue weighted by atomic mass is 10.2. The van der Waals surface area contributed by atoms with Gasteiger partial charge in [0, 0.05) is 0 Å². The lowest BCUT2D eigenvalue weighted by Gasteiger charge is -2.16. The van der Waals surface area contributed by atoms with Crippen molar-refractivity contribution in [2.75, 3.05) is 19.1 Å². The van der Waals surface area contributed by atoms with Crippen molar-refractivity contribution in [1.29, 1.82) is 0 Å². The van der Waals surface area contributed by atoms with Gasteiger partial charge in [0.15, 0.2) is 0 Å². The van der Waals surface area contributed by atoms with Gasteiger partial charge < -0.3 is 19.8 Å². The summed E-state index contributed by atoms with van der Waals surface area (Å²) in [6.45, 7) is 0.273. The van der Waals surface area contributed by atoms with Gasteiger partial charge >= 0.3 is 12.0 Å². The van der Waals surface area contributed by atoms with Crippen molar-refractivity contribution < 1.29 is 18.7 Å². The van der Waals surface area contributed by atoms with Crippen LogP contribution in [0.25, 0.3) is 0 Å². The highest BCUT2D eigenvalue weighted by Crippen LogP contribution is 2.03. The van der Waals surface area contributed by atoms with Crippen molar-refractivity contribution in [2.24, 2.45) is 0 Å². The smallest absolute Gasteiger partial charge is 0.328 e. The fourth-order valence-electron chi connectivity index (χ4n) is 1.42. The molecule has 1 rings (SSSR count). The third-order valence-electron chi connectivity index (χ3n) is 2.40. The highest BCUT2D eigenvalue weighted by Gasteiger charge is 2.20. The number of hydrogen-bond acceptors (Lipinski definition) is 5. The van der Waals surface area contributed by atoms with E-state index in [1.54, 1.807) is 23.9 Å². The second-order valence-electron chi connectivity index (χ2n) is 3.76. The minimum atomic E-state index is -0.631. The van der Waals surface area contributed by atoms with E-state index < -0.39 is 18.0 Å². The zero-order valence-corrected chi connectivity index (χ0v) is 11.8. The third kappa shape index (κ3) is 5.69. The van der Waals surface area contributed by atoms with Crippen molar-refractivity contribution in [3.63, 3.8) is 0 Å². The van der Waals surface area contributed by atoms with Crippen LogP contribution in [0, 0.1) is 0 Å². The lowest BCUT2D eigenvalue weighted by Crippen LogP contribution is -2.46. The first kappa shape index (κ1) is 15.4. The minimum absolute atomic E-state index is 0.273. The van der Waals surface area contributed by atoms with Crippen molar-refractivity contribution >= 4 is 23.8 Å². The normalized spacial score (nSPS) is 11.7. The Morgan fingerprint density at radius 2 is 2.32 bits per heavy atom. The van der Waals surface area contributed by atoms with Crippen LogP contribution in [0.1, 0.15) is 12.2 Å². The molecule has 7 heteroatoms. The van der Waals surface area contributed by atoms with Gasteiger partial charge in [0.2, 0.25) is 0 Å². The van der Waals surface area contributed by atoms with Crippen LogP contribution in [0.3, 0.4) is 0 Å². The molecule has 1 aromatic heterocycles. The van der Waals surface area contributed by atoms with Crippen LogP contribution in [0.2, 0.25) is 0 Å². The van der Waals surface area contributed by atoms with Crippen LogP contribution in [-0.2, 0) is 16.1 Å². The molecule has 0 aliphatic heterocycles. The number of urea groups is 1. The molecule has 6 nitrogen and oxygen atoms in total. The molecule has 0 aromatic carbocycles. The number of carbonyl (C=O) groups excluding carboxylic acids is 2. The van der Waals surface area contributed by atoms with Crippen molar-refractivity contribution in [1.82, 2.24) is 10.6 Å². The molecule has 0 saturated heterocycles. The molecule has 0 unspecified atom stereocenters. The standard InChI is InChI=1S/C12H18N2O4S/c1-17-11(15)10(5-7-19-2)14-12(16)13-8-9-4-3-6-18-9/h3-4,6,10H,5,7-8H2,1-2H3,(H2,13,14,16)/t10-/m0/s1. The van der Waals surface area contributed by atoms with E-state index in [9.17, 15) is 9.59 Å². The Bertz CT molecular complexity index is 394. The second kappa shape index (κ2) is 8.47. The summed E-state index contributed by atoms with van der Waals surface area (Å²) in [6.07, 6.45) is 4.00. The Labute approximate surface area is 116 Å². The molecular weight excluding hydrogens is 268 g/mol. The van der Waals surface area contributed by atoms with E-state index in [0.717, 1.165) is 5.75 Å². The molecule has 106 valence electrons. The molecule has 1 atom stereocenters. The molecule has 0 fully saturated rings. The number of rotatable bonds is 7. The quantitative estimate of drug-likeness (QED) is 0.740. The van der Waals surface area contributed by atoms with Crippen molar-refractivity contribution in [3.8, 4) is 0 Å². The Morgan fingerprint density at radius 1 is 1.53 bits per heavy atom. The second-order valence-corrected chi connectivity index (χ2v) is 4.75. The topological polar surface area (TPSA) is 80.6 Å². The van der Waals surface area contributed by atoms with E-state index in [-0.39, 0.29) is 6.54 Å². The number of furan rings is 1. The first-order valence-electron chi connectivity index (χ1n) is 5.81. The fourth-order valence-corrected chi connectivity index (χ4v) is 1.89. The lowest BCUT2D eigenvalue weighted by molar-refractivity contribution is -0.142. The molecule has 0 spiro atoms. The van der Waals surface area contributed by atoms with Crippen LogP contribution in [0.5, 0.6) is 0 Å². The average Bonchev–Trinajstić information content (AvgIpc) is 2.93. The predicted octanol–water partition coefficient (Wildman–Crippen LogP) is 1.37. The van der Waals surface area contributed by atoms with Gasteiger partial charge in [-0.15, -0.1) is 0 Å². The van der Waals surface area contributed by atoms with Gasteiger partial charge in [0.25, 0.3) is 0 Å². The summed E-state index contributed by atoms with van der Waals surface area (Å²) in [5, 5.41) is 5.20. The number of esters is 1. The molecule has 2 N–H and O–H groups in total. The zero-order chi connectivity index (χ0) is 14.1. The van der Waals surface area contributed by atoms with Crippen LogP contribution in [0.15, 0.2) is 22.8 Å². The number of nitrogens with one attached hydrogen (secondary N) is 2. The van der Waals surface area contributed by atoms with E-state index in [1.807, 2.05) is 6.26 Å². The molecule has 19 heavy (non-hydrogen) atoms. The molecule has 0 bridgehead atoms. The number of hydrogen-bond donors (Lipinski definition) is 2. The summed E-state index contributed by atoms with van der Waals surface area (Å²) in [5.41, 5.74) is 0. The molecule has 0 radical (unpaired) electrons. The fraction of sp³-hybridized carbons (Fsp3) is 0.500. The highest BCUT2D eigenvalue weighted by molar-refractivity contribution is 7.98. The highest BCUT2D eigenvalue weighted by atomic mass is 32.2. The van der Waals surface area contributed by atoms with Crippen LogP contribution >= 0.6 is 11.8 Å². The molecule has 1 heterocycles. The van der Waals surface area contributed by atoms with E-state index in [4.69, 9.17) is 4.42 Å². The third-order valence-corrected chi connectivity index (χ3v) is 3.05. The van der Waals surface area contributed by atoms with Gasteiger partial charge in [-0.25, -0.2) is 9.59 Å². The average molecular weight is 286 g/mol. The first-order valence-corrected chi connectivity index (χ1v) is 7.20. The number of thioether (sulfide) groups is 1. The monoisotopic (exact) mass is 286 g/mol. The number of carbonyl (C=O) groups is 2. The van der Waals surface area contributed by atoms with E-state index in [1.165, 1.54) is 13.4 Å². The van der Waals surface area contributed by atoms with Crippen molar-refractivity contribution in [2.45, 2.75) is 19.0 Å². The number of amides is 2. The first-order chi connectivity index (χ1) is 9.17. The predicted molar refractivity (Wildman–Crippen MR) is 72.9 cm³/mol. The molecule has 1 aromatic rings. The Kier molecular flexibility index (Phi) is 6.88. The van der Waals surface area contributed by atoms with Crippen LogP contribution in [-0.4, -0.2) is 37.2 Å². The molecule has 0 saturated carbocycles. The summed E-state index contributed by atoms with van der Waals surface area (Å²) in [4.78, 5) is 23.1. The number of ether oxygens (including phenoxy) is 1. The van der Waals surface area contributed by atoms with Gasteiger partial charge in [0.1, 0.15) is 11.8 Å². The number of methoxy groups -OCH3 is 1. The van der Waals surface area contributed by atoms with Crippen LogP contribution in [0.4, 0.5) is 4.79 Å². The minimum Gasteiger partial charge on any atom is -0.467 e. The Hall–Kier alpha value is -1.63. The summed E-state index contributed by atoms with van der Waals surface area (Å²) in [6, 6.07) is 2.44. The molecule has 2 amide bonds. The van der Waals surface area contributed by atoms with Crippen LogP contribution < -0.4 is 10.6 Å². The summed E-state index contributed by atoms with van der Waals surface area (Å²) in [7, 11) is 1.30. The maximum Gasteiger partial charge on any atom is 0.328 e. The van der Waals surface area contributed by atoms with Gasteiger partial charge in [-0.1, -0.05) is 0 Å². The van der Waals surface area contributed by atoms with Gasteiger partial charge in [0.05, 0.1) is 19.9 Å². The van der Waals surface area contributed by atoms with Gasteiger partial charge in [-0.05, 0) is 30.6 Å². The van der Waals surface area contributed by atoms with E-state index in [2.05, 4.69) is 15.4 Å². The summed E-state index contributed by atoms with van der Waals surface area (Å²) in [5.74, 6) is 0.967. The Balaban J connectivity index is 2.39. The molecule has 0 aliphatic rings. The maximum absolute atomic E-state index is 11.7. The zero-order valence-electron chi connectivity index (χ0n) is 11.0. The largest absolute Gasteiger partial charge is 0.467 e. The summed E-state index contributed by atoms with van der Waals surface area (Å²) < 4.78 is 9.74. The molecule has 0 aliphatic carbocycles. The van der Waals surface area contributed by atoms with Gasteiger partial charge in [-0.3, -0.25) is 0 Å². The maximum atomic E-state index is 11.7. The van der Waals surface area contributed by atoms with E-state index >= 15 is 0 Å². The van der Waals surface area contributed by atoms with E-state index in [0.29, 0.717) is 12.2 Å². The SMILES string of the molecule is COC(=O)[C@H](CCSC)NC(=O)NCc1ccco1. The Morgan fingerprint density at radius 3 is 2.89 bits per heavy atom. The molecular formula is C12H18N2O4S.